The molecule has 9 heteroatoms. The lowest BCUT2D eigenvalue weighted by Gasteiger charge is -2.26. The molecular weight excluding hydrogens is 384 g/mol. The van der Waals surface area contributed by atoms with Crippen molar-refractivity contribution in [3.8, 4) is 0 Å². The number of rotatable bonds is 7. The van der Waals surface area contributed by atoms with E-state index in [1.54, 1.807) is 31.2 Å². The summed E-state index contributed by atoms with van der Waals surface area (Å²) < 4.78 is 28.4. The van der Waals surface area contributed by atoms with Crippen molar-refractivity contribution in [2.75, 3.05) is 24.7 Å². The Morgan fingerprint density at radius 1 is 1.25 bits per heavy atom. The van der Waals surface area contributed by atoms with Gasteiger partial charge in [-0.2, -0.15) is 0 Å². The van der Waals surface area contributed by atoms with Crippen molar-refractivity contribution in [3.05, 3.63) is 41.6 Å². The van der Waals surface area contributed by atoms with Crippen LogP contribution in [0.15, 0.2) is 36.0 Å². The zero-order valence-corrected chi connectivity index (χ0v) is 16.7. The highest BCUT2D eigenvalue weighted by atomic mass is 32.2. The zero-order valence-electron chi connectivity index (χ0n) is 15.9. The van der Waals surface area contributed by atoms with Crippen LogP contribution in [0.4, 0.5) is 0 Å². The minimum atomic E-state index is -3.14. The lowest BCUT2D eigenvalue weighted by atomic mass is 10.2. The van der Waals surface area contributed by atoms with Gasteiger partial charge in [0.05, 0.1) is 11.5 Å². The highest BCUT2D eigenvalue weighted by Gasteiger charge is 2.34. The molecule has 2 rings (SSSR count). The quantitative estimate of drug-likeness (QED) is 0.526. The third-order valence-electron chi connectivity index (χ3n) is 4.28. The van der Waals surface area contributed by atoms with Crippen LogP contribution in [0.2, 0.25) is 0 Å². The Balaban J connectivity index is 2.03. The molecule has 1 aliphatic heterocycles. The van der Waals surface area contributed by atoms with Crippen LogP contribution in [-0.4, -0.2) is 61.8 Å². The normalized spacial score (nSPS) is 18.4. The Hall–Kier alpha value is -2.68. The number of amides is 2. The van der Waals surface area contributed by atoms with E-state index in [2.05, 4.69) is 5.32 Å². The number of benzene rings is 1. The first-order chi connectivity index (χ1) is 13.2. The topological polar surface area (TPSA) is 110 Å². The average molecular weight is 408 g/mol. The Labute approximate surface area is 164 Å². The molecule has 1 atom stereocenters. The molecule has 1 aliphatic rings. The second-order valence-corrected chi connectivity index (χ2v) is 8.69. The SMILES string of the molecule is CCN(C(=O)COC(=O)/C(=C/c1ccccc1)NC(C)=O)[C@@H]1CCS(=O)(=O)C1. The fourth-order valence-electron chi connectivity index (χ4n) is 3.00. The van der Waals surface area contributed by atoms with Gasteiger partial charge in [0, 0.05) is 19.5 Å². The van der Waals surface area contributed by atoms with Crippen LogP contribution >= 0.6 is 0 Å². The number of hydrogen-bond acceptors (Lipinski definition) is 6. The van der Waals surface area contributed by atoms with Gasteiger partial charge in [0.2, 0.25) is 5.91 Å². The number of esters is 1. The minimum absolute atomic E-state index is 0.0493. The summed E-state index contributed by atoms with van der Waals surface area (Å²) in [7, 11) is -3.14. The Morgan fingerprint density at radius 3 is 2.46 bits per heavy atom. The zero-order chi connectivity index (χ0) is 20.7. The van der Waals surface area contributed by atoms with Gasteiger partial charge in [0.1, 0.15) is 5.70 Å². The predicted octanol–water partition coefficient (Wildman–Crippen LogP) is 0.742. The Bertz CT molecular complexity index is 864. The summed E-state index contributed by atoms with van der Waals surface area (Å²) in [6.45, 7) is 2.78. The second-order valence-electron chi connectivity index (χ2n) is 6.46. The van der Waals surface area contributed by atoms with Gasteiger partial charge in [-0.1, -0.05) is 30.3 Å². The molecule has 1 heterocycles. The summed E-state index contributed by atoms with van der Waals surface area (Å²) in [5, 5.41) is 2.40. The number of carbonyl (C=O) groups is 3. The van der Waals surface area contributed by atoms with Crippen LogP contribution in [0.25, 0.3) is 6.08 Å². The predicted molar refractivity (Wildman–Crippen MR) is 104 cm³/mol. The van der Waals surface area contributed by atoms with E-state index < -0.39 is 40.3 Å². The molecule has 1 saturated heterocycles. The third-order valence-corrected chi connectivity index (χ3v) is 6.03. The van der Waals surface area contributed by atoms with Crippen molar-refractivity contribution in [1.29, 1.82) is 0 Å². The molecule has 152 valence electrons. The molecule has 0 spiro atoms. The van der Waals surface area contributed by atoms with E-state index in [0.717, 1.165) is 0 Å². The fraction of sp³-hybridized carbons (Fsp3) is 0.421. The molecule has 1 fully saturated rings. The van der Waals surface area contributed by atoms with E-state index in [9.17, 15) is 22.8 Å². The van der Waals surface area contributed by atoms with Crippen molar-refractivity contribution in [3.63, 3.8) is 0 Å². The molecule has 28 heavy (non-hydrogen) atoms. The number of ether oxygens (including phenoxy) is 1. The largest absolute Gasteiger partial charge is 0.451 e. The minimum Gasteiger partial charge on any atom is -0.451 e. The Kier molecular flexibility index (Phi) is 7.33. The molecule has 0 bridgehead atoms. The van der Waals surface area contributed by atoms with Crippen molar-refractivity contribution in [2.45, 2.75) is 26.3 Å². The van der Waals surface area contributed by atoms with Gasteiger partial charge < -0.3 is 15.0 Å². The molecule has 0 saturated carbocycles. The van der Waals surface area contributed by atoms with Gasteiger partial charge >= 0.3 is 5.97 Å². The number of carbonyl (C=O) groups excluding carboxylic acids is 3. The van der Waals surface area contributed by atoms with Crippen LogP contribution in [0.3, 0.4) is 0 Å². The highest BCUT2D eigenvalue weighted by Crippen LogP contribution is 2.18. The summed E-state index contributed by atoms with van der Waals surface area (Å²) in [4.78, 5) is 37.6. The summed E-state index contributed by atoms with van der Waals surface area (Å²) in [5.74, 6) is -1.79. The number of likely N-dealkylation sites (N-methyl/N-ethyl adjacent to an activating group) is 1. The lowest BCUT2D eigenvalue weighted by molar-refractivity contribution is -0.150. The number of hydrogen-bond donors (Lipinski definition) is 1. The number of nitrogens with zero attached hydrogens (tertiary/aromatic N) is 1. The molecule has 1 aromatic carbocycles. The highest BCUT2D eigenvalue weighted by molar-refractivity contribution is 7.91. The summed E-state index contributed by atoms with van der Waals surface area (Å²) >= 11 is 0. The molecule has 1 N–H and O–H groups in total. The number of nitrogens with one attached hydrogen (secondary N) is 1. The Morgan fingerprint density at radius 2 is 1.93 bits per heavy atom. The second kappa shape index (κ2) is 9.50. The smallest absolute Gasteiger partial charge is 0.355 e. The van der Waals surface area contributed by atoms with Crippen LogP contribution in [0, 0.1) is 0 Å². The van der Waals surface area contributed by atoms with Gasteiger partial charge in [-0.15, -0.1) is 0 Å². The summed E-state index contributed by atoms with van der Waals surface area (Å²) in [5.41, 5.74) is 0.596. The maximum Gasteiger partial charge on any atom is 0.355 e. The third kappa shape index (κ3) is 6.19. The van der Waals surface area contributed by atoms with E-state index in [4.69, 9.17) is 4.74 Å². The van der Waals surface area contributed by atoms with Crippen molar-refractivity contribution in [1.82, 2.24) is 10.2 Å². The van der Waals surface area contributed by atoms with E-state index in [1.165, 1.54) is 17.9 Å². The van der Waals surface area contributed by atoms with Gasteiger partial charge in [-0.3, -0.25) is 9.59 Å². The summed E-state index contributed by atoms with van der Waals surface area (Å²) in [6.07, 6.45) is 1.83. The van der Waals surface area contributed by atoms with Gasteiger partial charge in [0.15, 0.2) is 16.4 Å². The van der Waals surface area contributed by atoms with Gasteiger partial charge in [0.25, 0.3) is 5.91 Å². The van der Waals surface area contributed by atoms with Gasteiger partial charge in [-0.05, 0) is 25.0 Å². The van der Waals surface area contributed by atoms with E-state index in [-0.39, 0.29) is 17.2 Å². The standard InChI is InChI=1S/C19H24N2O6S/c1-3-21(16-9-10-28(25,26)13-16)18(23)12-27-19(24)17(20-14(2)22)11-15-7-5-4-6-8-15/h4-8,11,16H,3,9-10,12-13H2,1-2H3,(H,20,22)/b17-11-/t16-/m1/s1. The van der Waals surface area contributed by atoms with Gasteiger partial charge in [-0.25, -0.2) is 13.2 Å². The fourth-order valence-corrected chi connectivity index (χ4v) is 4.73. The molecule has 0 radical (unpaired) electrons. The molecule has 1 aromatic rings. The average Bonchev–Trinajstić information content (AvgIpc) is 2.99. The van der Waals surface area contributed by atoms with Crippen LogP contribution in [0.1, 0.15) is 25.8 Å². The molecule has 0 aliphatic carbocycles. The van der Waals surface area contributed by atoms with Crippen molar-refractivity contribution >= 4 is 33.7 Å². The molecule has 8 nitrogen and oxygen atoms in total. The molecule has 0 unspecified atom stereocenters. The van der Waals surface area contributed by atoms with E-state index in [0.29, 0.717) is 18.5 Å². The first kappa shape index (κ1) is 21.6. The first-order valence-corrected chi connectivity index (χ1v) is 10.8. The lowest BCUT2D eigenvalue weighted by Crippen LogP contribution is -2.43. The van der Waals surface area contributed by atoms with Crippen LogP contribution in [-0.2, 0) is 29.0 Å². The van der Waals surface area contributed by atoms with Crippen molar-refractivity contribution < 1.29 is 27.5 Å². The number of sulfone groups is 1. The maximum atomic E-state index is 12.4. The molecule has 2 amide bonds. The molecule has 0 aromatic heterocycles. The van der Waals surface area contributed by atoms with E-state index >= 15 is 0 Å². The van der Waals surface area contributed by atoms with Crippen LogP contribution < -0.4 is 5.32 Å². The van der Waals surface area contributed by atoms with Crippen LogP contribution in [0.5, 0.6) is 0 Å². The van der Waals surface area contributed by atoms with Crippen molar-refractivity contribution in [2.24, 2.45) is 0 Å². The monoisotopic (exact) mass is 408 g/mol. The molecular formula is C19H24N2O6S. The van der Waals surface area contributed by atoms with E-state index in [1.807, 2.05) is 6.07 Å². The maximum absolute atomic E-state index is 12.4. The summed E-state index contributed by atoms with van der Waals surface area (Å²) in [6, 6.07) is 8.46. The first-order valence-electron chi connectivity index (χ1n) is 8.93.